The van der Waals surface area contributed by atoms with Crippen molar-refractivity contribution >= 4 is 23.3 Å². The second-order valence-electron chi connectivity index (χ2n) is 3.43. The maximum absolute atomic E-state index is 10.9. The van der Waals surface area contributed by atoms with Crippen LogP contribution in [0.5, 0.6) is 0 Å². The predicted octanol–water partition coefficient (Wildman–Crippen LogP) is 1.51. The van der Waals surface area contributed by atoms with Crippen LogP contribution in [0.15, 0.2) is 18.2 Å². The molecule has 0 spiro atoms. The number of benzene rings is 1. The third-order valence-corrected chi connectivity index (χ3v) is 2.51. The molecule has 0 aliphatic rings. The molecule has 0 fully saturated rings. The first-order valence-corrected chi connectivity index (χ1v) is 4.61. The standard InChI is InChI=1S/C9H9ClN2O4/c1-9(11,8(13)14)5-2-3-6(10)7(4-5)12(15)16/h2-4H,11H2,1H3,(H,13,14)/t9-/m1/s1. The first-order valence-electron chi connectivity index (χ1n) is 4.23. The SMILES string of the molecule is C[C@](N)(C(=O)O)c1ccc(Cl)c([N+](=O)[O-])c1. The highest BCUT2D eigenvalue weighted by atomic mass is 35.5. The lowest BCUT2D eigenvalue weighted by molar-refractivity contribution is -0.384. The van der Waals surface area contributed by atoms with Crippen molar-refractivity contribution in [3.8, 4) is 0 Å². The van der Waals surface area contributed by atoms with Crippen LogP contribution in [0, 0.1) is 10.1 Å². The average molecular weight is 245 g/mol. The summed E-state index contributed by atoms with van der Waals surface area (Å²) in [6.45, 7) is 1.25. The van der Waals surface area contributed by atoms with Crippen LogP contribution < -0.4 is 5.73 Å². The molecule has 1 atom stereocenters. The molecule has 0 amide bonds. The topological polar surface area (TPSA) is 106 Å². The number of rotatable bonds is 3. The van der Waals surface area contributed by atoms with Gasteiger partial charge in [0.05, 0.1) is 4.92 Å². The highest BCUT2D eigenvalue weighted by Crippen LogP contribution is 2.29. The Morgan fingerprint density at radius 1 is 1.62 bits per heavy atom. The Morgan fingerprint density at radius 2 is 2.19 bits per heavy atom. The minimum atomic E-state index is -1.69. The van der Waals surface area contributed by atoms with Crippen LogP contribution >= 0.6 is 11.6 Å². The Labute approximate surface area is 95.8 Å². The maximum Gasteiger partial charge on any atom is 0.328 e. The van der Waals surface area contributed by atoms with Crippen LogP contribution in [0.3, 0.4) is 0 Å². The zero-order valence-corrected chi connectivity index (χ0v) is 9.06. The number of hydrogen-bond acceptors (Lipinski definition) is 4. The lowest BCUT2D eigenvalue weighted by Crippen LogP contribution is -2.41. The molecule has 0 radical (unpaired) electrons. The third kappa shape index (κ3) is 2.12. The van der Waals surface area contributed by atoms with Crippen LogP contribution in [0.4, 0.5) is 5.69 Å². The zero-order valence-electron chi connectivity index (χ0n) is 8.31. The molecule has 1 aromatic rings. The molecule has 1 aromatic carbocycles. The van der Waals surface area contributed by atoms with E-state index in [-0.39, 0.29) is 16.3 Å². The van der Waals surface area contributed by atoms with E-state index in [1.807, 2.05) is 0 Å². The smallest absolute Gasteiger partial charge is 0.328 e. The molecule has 0 saturated heterocycles. The van der Waals surface area contributed by atoms with Gasteiger partial charge >= 0.3 is 5.97 Å². The molecule has 0 aliphatic carbocycles. The van der Waals surface area contributed by atoms with E-state index in [0.29, 0.717) is 0 Å². The lowest BCUT2D eigenvalue weighted by Gasteiger charge is -2.19. The Balaban J connectivity index is 3.33. The Morgan fingerprint density at radius 3 is 2.62 bits per heavy atom. The maximum atomic E-state index is 10.9. The van der Waals surface area contributed by atoms with Gasteiger partial charge in [0, 0.05) is 6.07 Å². The fourth-order valence-corrected chi connectivity index (χ4v) is 1.29. The molecule has 16 heavy (non-hydrogen) atoms. The van der Waals surface area contributed by atoms with Gasteiger partial charge in [-0.25, -0.2) is 4.79 Å². The summed E-state index contributed by atoms with van der Waals surface area (Å²) < 4.78 is 0. The van der Waals surface area contributed by atoms with Crippen LogP contribution in [0.1, 0.15) is 12.5 Å². The van der Waals surface area contributed by atoms with Crippen molar-refractivity contribution in [3.63, 3.8) is 0 Å². The van der Waals surface area contributed by atoms with Gasteiger partial charge in [-0.15, -0.1) is 0 Å². The van der Waals surface area contributed by atoms with Gasteiger partial charge in [0.25, 0.3) is 5.69 Å². The van der Waals surface area contributed by atoms with Crippen molar-refractivity contribution in [1.29, 1.82) is 0 Å². The van der Waals surface area contributed by atoms with E-state index in [4.69, 9.17) is 22.4 Å². The van der Waals surface area contributed by atoms with Crippen molar-refractivity contribution in [1.82, 2.24) is 0 Å². The van der Waals surface area contributed by atoms with Crippen molar-refractivity contribution in [3.05, 3.63) is 38.9 Å². The molecule has 0 aromatic heterocycles. The number of nitro groups is 1. The van der Waals surface area contributed by atoms with Gasteiger partial charge in [0.15, 0.2) is 0 Å². The fraction of sp³-hybridized carbons (Fsp3) is 0.222. The average Bonchev–Trinajstić information content (AvgIpc) is 2.17. The Kier molecular flexibility index (Phi) is 3.16. The van der Waals surface area contributed by atoms with Gasteiger partial charge in [0.1, 0.15) is 10.6 Å². The number of nitro benzene ring substituents is 1. The number of carboxylic acid groups (broad SMARTS) is 1. The molecule has 86 valence electrons. The molecular weight excluding hydrogens is 236 g/mol. The first-order chi connectivity index (χ1) is 7.26. The number of aliphatic carboxylic acids is 1. The molecule has 1 rings (SSSR count). The van der Waals surface area contributed by atoms with Crippen molar-refractivity contribution in [2.75, 3.05) is 0 Å². The summed E-state index contributed by atoms with van der Waals surface area (Å²) in [6, 6.07) is 3.67. The lowest BCUT2D eigenvalue weighted by atomic mass is 9.93. The summed E-state index contributed by atoms with van der Waals surface area (Å²) in [7, 11) is 0. The predicted molar refractivity (Wildman–Crippen MR) is 57.3 cm³/mol. The van der Waals surface area contributed by atoms with Crippen molar-refractivity contribution < 1.29 is 14.8 Å². The molecule has 6 nitrogen and oxygen atoms in total. The molecule has 0 aliphatic heterocycles. The molecular formula is C9H9ClN2O4. The normalized spacial score (nSPS) is 14.2. The van der Waals surface area contributed by atoms with E-state index in [9.17, 15) is 14.9 Å². The summed E-state index contributed by atoms with van der Waals surface area (Å²) in [5.74, 6) is -1.27. The second-order valence-corrected chi connectivity index (χ2v) is 3.84. The minimum Gasteiger partial charge on any atom is -0.480 e. The quantitative estimate of drug-likeness (QED) is 0.619. The number of hydrogen-bond donors (Lipinski definition) is 2. The fourth-order valence-electron chi connectivity index (χ4n) is 1.10. The number of nitrogens with two attached hydrogens (primary N) is 1. The summed E-state index contributed by atoms with van der Waals surface area (Å²) in [5, 5.41) is 19.4. The van der Waals surface area contributed by atoms with Crippen LogP contribution in [-0.4, -0.2) is 16.0 Å². The zero-order chi connectivity index (χ0) is 12.5. The minimum absolute atomic E-state index is 0.0602. The number of nitrogens with zero attached hydrogens (tertiary/aromatic N) is 1. The molecule has 7 heteroatoms. The number of carbonyl (C=O) groups is 1. The summed E-state index contributed by atoms with van der Waals surface area (Å²) in [6.07, 6.45) is 0. The van der Waals surface area contributed by atoms with Crippen LogP contribution in [-0.2, 0) is 10.3 Å². The Hall–Kier alpha value is -1.66. The summed E-state index contributed by atoms with van der Waals surface area (Å²) >= 11 is 5.59. The van der Waals surface area contributed by atoms with Gasteiger partial charge in [-0.2, -0.15) is 0 Å². The van der Waals surface area contributed by atoms with E-state index in [1.165, 1.54) is 19.1 Å². The Bertz CT molecular complexity index is 459. The van der Waals surface area contributed by atoms with Gasteiger partial charge in [-0.05, 0) is 18.6 Å². The van der Waals surface area contributed by atoms with E-state index in [0.717, 1.165) is 6.07 Å². The largest absolute Gasteiger partial charge is 0.480 e. The molecule has 0 unspecified atom stereocenters. The summed E-state index contributed by atoms with van der Waals surface area (Å²) in [4.78, 5) is 20.8. The van der Waals surface area contributed by atoms with E-state index in [1.54, 1.807) is 0 Å². The van der Waals surface area contributed by atoms with Gasteiger partial charge in [-0.1, -0.05) is 17.7 Å². The monoisotopic (exact) mass is 244 g/mol. The van der Waals surface area contributed by atoms with Crippen molar-refractivity contribution in [2.24, 2.45) is 5.73 Å². The number of halogens is 1. The van der Waals surface area contributed by atoms with Gasteiger partial charge in [0.2, 0.25) is 0 Å². The third-order valence-electron chi connectivity index (χ3n) is 2.19. The molecule has 0 saturated carbocycles. The number of carboxylic acids is 1. The highest BCUT2D eigenvalue weighted by Gasteiger charge is 2.32. The van der Waals surface area contributed by atoms with Crippen LogP contribution in [0.25, 0.3) is 0 Å². The molecule has 3 N–H and O–H groups in total. The van der Waals surface area contributed by atoms with Crippen LogP contribution in [0.2, 0.25) is 5.02 Å². The summed E-state index contributed by atoms with van der Waals surface area (Å²) in [5.41, 5.74) is 3.61. The highest BCUT2D eigenvalue weighted by molar-refractivity contribution is 6.32. The molecule has 0 bridgehead atoms. The van der Waals surface area contributed by atoms with Crippen molar-refractivity contribution in [2.45, 2.75) is 12.5 Å². The van der Waals surface area contributed by atoms with Gasteiger partial charge < -0.3 is 10.8 Å². The van der Waals surface area contributed by atoms with E-state index < -0.39 is 16.4 Å². The second kappa shape index (κ2) is 4.07. The van der Waals surface area contributed by atoms with E-state index in [2.05, 4.69) is 0 Å². The first kappa shape index (κ1) is 12.4. The van der Waals surface area contributed by atoms with Gasteiger partial charge in [-0.3, -0.25) is 10.1 Å². The molecule has 0 heterocycles. The van der Waals surface area contributed by atoms with E-state index >= 15 is 0 Å².